The predicted octanol–water partition coefficient (Wildman–Crippen LogP) is 2.13. The second-order valence-corrected chi connectivity index (χ2v) is 6.66. The second kappa shape index (κ2) is 10.4. The molecule has 0 unspecified atom stereocenters. The number of hydrogen-bond acceptors (Lipinski definition) is 4. The van der Waals surface area contributed by atoms with E-state index in [9.17, 15) is 4.79 Å². The monoisotopic (exact) mass is 378 g/mol. The van der Waals surface area contributed by atoms with Gasteiger partial charge < -0.3 is 20.4 Å². The third-order valence-electron chi connectivity index (χ3n) is 4.32. The summed E-state index contributed by atoms with van der Waals surface area (Å²) in [7, 11) is 0. The van der Waals surface area contributed by atoms with Crippen molar-refractivity contribution in [2.75, 3.05) is 13.2 Å². The van der Waals surface area contributed by atoms with Crippen LogP contribution in [0.3, 0.4) is 0 Å². The topological polar surface area (TPSA) is 82.2 Å². The van der Waals surface area contributed by atoms with Gasteiger partial charge in [-0.25, -0.2) is 4.98 Å². The number of carbonyl (C=O) groups is 1. The van der Waals surface area contributed by atoms with Crippen molar-refractivity contribution in [3.05, 3.63) is 90.0 Å². The molecule has 0 spiro atoms. The van der Waals surface area contributed by atoms with Crippen molar-refractivity contribution in [3.8, 4) is 0 Å². The molecule has 1 heterocycles. The quantitative estimate of drug-likeness (QED) is 0.530. The molecular weight excluding hydrogens is 352 g/mol. The summed E-state index contributed by atoms with van der Waals surface area (Å²) in [4.78, 5) is 16.5. The lowest BCUT2D eigenvalue weighted by atomic mass is 10.1. The van der Waals surface area contributed by atoms with Gasteiger partial charge in [-0.1, -0.05) is 60.7 Å². The van der Waals surface area contributed by atoms with Crippen molar-refractivity contribution in [1.29, 1.82) is 0 Å². The van der Waals surface area contributed by atoms with E-state index in [1.54, 1.807) is 6.33 Å². The van der Waals surface area contributed by atoms with Crippen LogP contribution in [0.15, 0.2) is 73.2 Å². The molecule has 0 bridgehead atoms. The minimum Gasteiger partial charge on any atom is -0.375 e. The van der Waals surface area contributed by atoms with Crippen molar-refractivity contribution in [2.24, 2.45) is 5.73 Å². The first-order chi connectivity index (χ1) is 13.7. The fourth-order valence-electron chi connectivity index (χ4n) is 2.85. The lowest BCUT2D eigenvalue weighted by molar-refractivity contribution is -0.122. The highest BCUT2D eigenvalue weighted by atomic mass is 16.5. The average molecular weight is 378 g/mol. The van der Waals surface area contributed by atoms with Gasteiger partial charge in [0.15, 0.2) is 0 Å². The maximum absolute atomic E-state index is 12.2. The van der Waals surface area contributed by atoms with Crippen LogP contribution in [0.1, 0.15) is 16.8 Å². The smallest absolute Gasteiger partial charge is 0.237 e. The first-order valence-corrected chi connectivity index (χ1v) is 9.40. The molecule has 146 valence electrons. The van der Waals surface area contributed by atoms with E-state index in [1.165, 1.54) is 5.56 Å². The molecule has 6 heteroatoms. The minimum atomic E-state index is -0.630. The van der Waals surface area contributed by atoms with Gasteiger partial charge in [-0.15, -0.1) is 0 Å². The van der Waals surface area contributed by atoms with Gasteiger partial charge >= 0.3 is 0 Å². The molecule has 0 aliphatic rings. The third kappa shape index (κ3) is 6.33. The Morgan fingerprint density at radius 2 is 1.75 bits per heavy atom. The number of nitrogens with one attached hydrogen (secondary N) is 1. The Hall–Kier alpha value is -2.96. The lowest BCUT2D eigenvalue weighted by Crippen LogP contribution is -2.43. The number of amides is 1. The van der Waals surface area contributed by atoms with Gasteiger partial charge in [-0.3, -0.25) is 4.79 Å². The van der Waals surface area contributed by atoms with Crippen molar-refractivity contribution < 1.29 is 9.53 Å². The molecule has 0 aliphatic heterocycles. The Morgan fingerprint density at radius 1 is 1.07 bits per heavy atom. The van der Waals surface area contributed by atoms with E-state index in [2.05, 4.69) is 22.4 Å². The highest BCUT2D eigenvalue weighted by Crippen LogP contribution is 2.05. The molecule has 3 aromatic rings. The Bertz CT molecular complexity index is 849. The summed E-state index contributed by atoms with van der Waals surface area (Å²) in [6, 6.07) is 19.4. The number of imidazole rings is 1. The molecule has 0 saturated carbocycles. The summed E-state index contributed by atoms with van der Waals surface area (Å²) in [6.45, 7) is 2.15. The largest absolute Gasteiger partial charge is 0.375 e. The molecule has 1 atom stereocenters. The van der Waals surface area contributed by atoms with Gasteiger partial charge in [0.25, 0.3) is 0 Å². The maximum atomic E-state index is 12.2. The van der Waals surface area contributed by atoms with Crippen LogP contribution in [-0.2, 0) is 29.1 Å². The van der Waals surface area contributed by atoms with Crippen molar-refractivity contribution >= 4 is 5.91 Å². The van der Waals surface area contributed by atoms with Gasteiger partial charge in [0.05, 0.1) is 31.3 Å². The number of hydrogen-bond donors (Lipinski definition) is 2. The average Bonchev–Trinajstić information content (AvgIpc) is 3.15. The molecule has 0 radical (unpaired) electrons. The molecule has 3 rings (SSSR count). The van der Waals surface area contributed by atoms with E-state index in [4.69, 9.17) is 10.5 Å². The van der Waals surface area contributed by atoms with Crippen LogP contribution in [0.5, 0.6) is 0 Å². The summed E-state index contributed by atoms with van der Waals surface area (Å²) in [6.07, 6.45) is 4.10. The lowest BCUT2D eigenvalue weighted by Gasteiger charge is -2.11. The van der Waals surface area contributed by atoms with Gasteiger partial charge in [0.2, 0.25) is 5.91 Å². The molecule has 28 heavy (non-hydrogen) atoms. The predicted molar refractivity (Wildman–Crippen MR) is 109 cm³/mol. The Kier molecular flexibility index (Phi) is 7.35. The number of benzene rings is 2. The van der Waals surface area contributed by atoms with Gasteiger partial charge in [-0.05, 0) is 11.1 Å². The molecule has 0 saturated heterocycles. The zero-order valence-electron chi connectivity index (χ0n) is 15.8. The number of carbonyl (C=O) groups excluding carboxylic acids is 1. The number of nitrogens with two attached hydrogens (primary N) is 1. The number of ether oxygens (including phenoxy) is 1. The first-order valence-electron chi connectivity index (χ1n) is 9.40. The number of nitrogens with zero attached hydrogens (tertiary/aromatic N) is 2. The normalized spacial score (nSPS) is 11.9. The molecule has 0 aliphatic carbocycles. The van der Waals surface area contributed by atoms with E-state index in [0.717, 1.165) is 17.8 Å². The van der Waals surface area contributed by atoms with Crippen molar-refractivity contribution in [3.63, 3.8) is 0 Å². The summed E-state index contributed by atoms with van der Waals surface area (Å²) in [5, 5.41) is 2.81. The molecule has 2 aromatic carbocycles. The minimum absolute atomic E-state index is 0.194. The Balaban J connectivity index is 1.36. The maximum Gasteiger partial charge on any atom is 0.237 e. The number of aromatic nitrogens is 2. The highest BCUT2D eigenvalue weighted by molar-refractivity contribution is 5.81. The Morgan fingerprint density at radius 3 is 2.46 bits per heavy atom. The number of rotatable bonds is 10. The molecule has 1 aromatic heterocycles. The SMILES string of the molecule is N[C@@H](Cc1cn(Cc2ccccc2)cn1)C(=O)NCCOCc1ccccc1. The van der Waals surface area contributed by atoms with E-state index >= 15 is 0 Å². The van der Waals surface area contributed by atoms with E-state index in [0.29, 0.717) is 26.2 Å². The van der Waals surface area contributed by atoms with Crippen LogP contribution in [-0.4, -0.2) is 34.7 Å². The molecule has 3 N–H and O–H groups in total. The zero-order valence-corrected chi connectivity index (χ0v) is 15.8. The summed E-state index contributed by atoms with van der Waals surface area (Å²) in [5.74, 6) is -0.194. The highest BCUT2D eigenvalue weighted by Gasteiger charge is 2.15. The third-order valence-corrected chi connectivity index (χ3v) is 4.32. The van der Waals surface area contributed by atoms with Crippen molar-refractivity contribution in [1.82, 2.24) is 14.9 Å². The van der Waals surface area contributed by atoms with Crippen molar-refractivity contribution in [2.45, 2.75) is 25.6 Å². The molecule has 1 amide bonds. The van der Waals surface area contributed by atoms with Gasteiger partial charge in [-0.2, -0.15) is 0 Å². The zero-order chi connectivity index (χ0) is 19.6. The molecule has 6 nitrogen and oxygen atoms in total. The summed E-state index contributed by atoms with van der Waals surface area (Å²) >= 11 is 0. The summed E-state index contributed by atoms with van der Waals surface area (Å²) < 4.78 is 7.55. The van der Waals surface area contributed by atoms with Crippen LogP contribution >= 0.6 is 0 Å². The van der Waals surface area contributed by atoms with Gasteiger partial charge in [0.1, 0.15) is 0 Å². The van der Waals surface area contributed by atoms with Crippen LogP contribution in [0.25, 0.3) is 0 Å². The first kappa shape index (κ1) is 19.8. The van der Waals surface area contributed by atoms with Crippen LogP contribution in [0.2, 0.25) is 0 Å². The fourth-order valence-corrected chi connectivity index (χ4v) is 2.85. The van der Waals surface area contributed by atoms with Crippen LogP contribution in [0.4, 0.5) is 0 Å². The van der Waals surface area contributed by atoms with E-state index < -0.39 is 6.04 Å². The molecule has 0 fully saturated rings. The van der Waals surface area contributed by atoms with Crippen LogP contribution < -0.4 is 11.1 Å². The van der Waals surface area contributed by atoms with E-state index in [-0.39, 0.29) is 5.91 Å². The van der Waals surface area contributed by atoms with Crippen LogP contribution in [0, 0.1) is 0 Å². The summed E-state index contributed by atoms with van der Waals surface area (Å²) in [5.41, 5.74) is 9.13. The van der Waals surface area contributed by atoms with E-state index in [1.807, 2.05) is 59.3 Å². The van der Waals surface area contributed by atoms with Gasteiger partial charge in [0, 0.05) is 25.7 Å². The second-order valence-electron chi connectivity index (χ2n) is 6.66. The fraction of sp³-hybridized carbons (Fsp3) is 0.273. The Labute approximate surface area is 165 Å². The standard InChI is InChI=1S/C22H26N4O2/c23-21(22(27)24-11-12-28-16-19-9-5-2-6-10-19)13-20-15-26(17-25-20)14-18-7-3-1-4-8-18/h1-10,15,17,21H,11-14,16,23H2,(H,24,27)/t21-/m0/s1. The molecular formula is C22H26N4O2.